The first-order valence-electron chi connectivity index (χ1n) is 7.46. The number of nitrogens with one attached hydrogen (secondary N) is 1. The van der Waals surface area contributed by atoms with Gasteiger partial charge in [-0.3, -0.25) is 9.78 Å². The number of imidazole rings is 1. The summed E-state index contributed by atoms with van der Waals surface area (Å²) in [7, 11) is 0. The van der Waals surface area contributed by atoms with Gasteiger partial charge in [0.1, 0.15) is 0 Å². The normalized spacial score (nSPS) is 10.5. The summed E-state index contributed by atoms with van der Waals surface area (Å²) in [5, 5.41) is 2.97. The SMILES string of the molecule is O=C(CCCc1ccncc1)NCCCCn1ccnc1. The molecule has 0 aliphatic rings. The van der Waals surface area contributed by atoms with Crippen molar-refractivity contribution in [3.8, 4) is 0 Å². The number of nitrogens with zero attached hydrogens (tertiary/aromatic N) is 3. The van der Waals surface area contributed by atoms with Crippen molar-refractivity contribution in [1.82, 2.24) is 19.9 Å². The van der Waals surface area contributed by atoms with E-state index >= 15 is 0 Å². The molecule has 0 radical (unpaired) electrons. The fraction of sp³-hybridized carbons (Fsp3) is 0.438. The second kappa shape index (κ2) is 8.89. The van der Waals surface area contributed by atoms with E-state index in [1.807, 2.05) is 24.7 Å². The van der Waals surface area contributed by atoms with E-state index in [1.54, 1.807) is 18.6 Å². The van der Waals surface area contributed by atoms with Crippen LogP contribution in [-0.4, -0.2) is 27.0 Å². The van der Waals surface area contributed by atoms with Crippen molar-refractivity contribution in [2.45, 2.75) is 38.6 Å². The van der Waals surface area contributed by atoms with Crippen molar-refractivity contribution in [1.29, 1.82) is 0 Å². The molecule has 0 saturated carbocycles. The number of aromatic nitrogens is 3. The molecule has 5 nitrogen and oxygen atoms in total. The first kappa shape index (κ1) is 15.2. The van der Waals surface area contributed by atoms with Crippen LogP contribution in [0.25, 0.3) is 0 Å². The molecule has 0 saturated heterocycles. The molecule has 112 valence electrons. The molecule has 21 heavy (non-hydrogen) atoms. The second-order valence-corrected chi connectivity index (χ2v) is 5.07. The zero-order valence-electron chi connectivity index (χ0n) is 12.2. The maximum absolute atomic E-state index is 11.7. The highest BCUT2D eigenvalue weighted by Crippen LogP contribution is 2.03. The Balaban J connectivity index is 1.48. The Morgan fingerprint density at radius 1 is 1.10 bits per heavy atom. The van der Waals surface area contributed by atoms with Crippen LogP contribution in [0.4, 0.5) is 0 Å². The number of carbonyl (C=O) groups excluding carboxylic acids is 1. The van der Waals surface area contributed by atoms with Gasteiger partial charge in [0, 0.05) is 44.3 Å². The second-order valence-electron chi connectivity index (χ2n) is 5.07. The maximum atomic E-state index is 11.7. The minimum Gasteiger partial charge on any atom is -0.356 e. The molecule has 0 bridgehead atoms. The smallest absolute Gasteiger partial charge is 0.220 e. The zero-order chi connectivity index (χ0) is 14.8. The number of pyridine rings is 1. The molecule has 2 aromatic heterocycles. The number of hydrogen-bond donors (Lipinski definition) is 1. The average molecular weight is 286 g/mol. The standard InChI is InChI=1S/C16H22N4O/c21-16(5-3-4-15-6-9-17-10-7-15)19-8-1-2-12-20-13-11-18-14-20/h6-7,9-11,13-14H,1-5,8,12H2,(H,19,21). The van der Waals surface area contributed by atoms with Crippen LogP contribution in [0.5, 0.6) is 0 Å². The molecule has 0 aliphatic carbocycles. The third kappa shape index (κ3) is 6.21. The van der Waals surface area contributed by atoms with Gasteiger partial charge in [-0.15, -0.1) is 0 Å². The monoisotopic (exact) mass is 286 g/mol. The van der Waals surface area contributed by atoms with Crippen LogP contribution in [-0.2, 0) is 17.8 Å². The van der Waals surface area contributed by atoms with Crippen molar-refractivity contribution >= 4 is 5.91 Å². The van der Waals surface area contributed by atoms with Crippen LogP contribution >= 0.6 is 0 Å². The Hall–Kier alpha value is -2.17. The summed E-state index contributed by atoms with van der Waals surface area (Å²) in [6, 6.07) is 3.99. The van der Waals surface area contributed by atoms with Crippen LogP contribution in [0.15, 0.2) is 43.2 Å². The number of rotatable bonds is 9. The third-order valence-corrected chi connectivity index (χ3v) is 3.34. The van der Waals surface area contributed by atoms with Crippen molar-refractivity contribution in [2.75, 3.05) is 6.54 Å². The molecule has 0 aromatic carbocycles. The first-order chi connectivity index (χ1) is 10.3. The molecule has 0 unspecified atom stereocenters. The van der Waals surface area contributed by atoms with Crippen LogP contribution in [0, 0.1) is 0 Å². The van der Waals surface area contributed by atoms with E-state index in [4.69, 9.17) is 0 Å². The number of hydrogen-bond acceptors (Lipinski definition) is 3. The summed E-state index contributed by atoms with van der Waals surface area (Å²) in [6.07, 6.45) is 13.6. The lowest BCUT2D eigenvalue weighted by atomic mass is 10.1. The van der Waals surface area contributed by atoms with E-state index in [0.29, 0.717) is 6.42 Å². The van der Waals surface area contributed by atoms with Gasteiger partial charge in [0.05, 0.1) is 6.33 Å². The van der Waals surface area contributed by atoms with E-state index in [0.717, 1.165) is 38.8 Å². The highest BCUT2D eigenvalue weighted by molar-refractivity contribution is 5.75. The number of unbranched alkanes of at least 4 members (excludes halogenated alkanes) is 1. The molecule has 0 aliphatic heterocycles. The van der Waals surface area contributed by atoms with Crippen LogP contribution in [0.2, 0.25) is 0 Å². The van der Waals surface area contributed by atoms with E-state index in [9.17, 15) is 4.79 Å². The molecule has 5 heteroatoms. The Morgan fingerprint density at radius 3 is 2.71 bits per heavy atom. The molecular formula is C16H22N4O. The van der Waals surface area contributed by atoms with Gasteiger partial charge >= 0.3 is 0 Å². The van der Waals surface area contributed by atoms with Crippen LogP contribution < -0.4 is 5.32 Å². The minimum atomic E-state index is 0.145. The van der Waals surface area contributed by atoms with E-state index in [1.165, 1.54) is 5.56 Å². The first-order valence-corrected chi connectivity index (χ1v) is 7.46. The molecule has 2 heterocycles. The van der Waals surface area contributed by atoms with E-state index in [2.05, 4.69) is 19.9 Å². The molecule has 2 rings (SSSR count). The van der Waals surface area contributed by atoms with Crippen molar-refractivity contribution in [3.05, 3.63) is 48.8 Å². The lowest BCUT2D eigenvalue weighted by molar-refractivity contribution is -0.121. The Labute approximate surface area is 125 Å². The van der Waals surface area contributed by atoms with E-state index in [-0.39, 0.29) is 5.91 Å². The third-order valence-electron chi connectivity index (χ3n) is 3.34. The summed E-state index contributed by atoms with van der Waals surface area (Å²) < 4.78 is 2.05. The predicted octanol–water partition coefficient (Wildman–Crippen LogP) is 2.20. The van der Waals surface area contributed by atoms with Gasteiger partial charge in [-0.2, -0.15) is 0 Å². The largest absolute Gasteiger partial charge is 0.356 e. The molecule has 1 N–H and O–H groups in total. The fourth-order valence-corrected chi connectivity index (χ4v) is 2.16. The van der Waals surface area contributed by atoms with Crippen LogP contribution in [0.1, 0.15) is 31.2 Å². The van der Waals surface area contributed by atoms with Gasteiger partial charge in [0.15, 0.2) is 0 Å². The molecule has 1 amide bonds. The number of amides is 1. The predicted molar refractivity (Wildman–Crippen MR) is 81.6 cm³/mol. The van der Waals surface area contributed by atoms with E-state index < -0.39 is 0 Å². The molecule has 0 atom stereocenters. The lowest BCUT2D eigenvalue weighted by Gasteiger charge is -2.06. The maximum Gasteiger partial charge on any atom is 0.220 e. The summed E-state index contributed by atoms with van der Waals surface area (Å²) in [6.45, 7) is 1.71. The average Bonchev–Trinajstić information content (AvgIpc) is 3.01. The number of carbonyl (C=O) groups is 1. The molecule has 0 spiro atoms. The van der Waals surface area contributed by atoms with Crippen molar-refractivity contribution < 1.29 is 4.79 Å². The van der Waals surface area contributed by atoms with Gasteiger partial charge in [0.2, 0.25) is 5.91 Å². The van der Waals surface area contributed by atoms with Gasteiger partial charge in [-0.05, 0) is 43.4 Å². The Kier molecular flexibility index (Phi) is 6.45. The van der Waals surface area contributed by atoms with Crippen molar-refractivity contribution in [3.63, 3.8) is 0 Å². The molecule has 0 fully saturated rings. The Morgan fingerprint density at radius 2 is 1.95 bits per heavy atom. The Bertz CT molecular complexity index is 510. The summed E-state index contributed by atoms with van der Waals surface area (Å²) in [5.74, 6) is 0.145. The number of aryl methyl sites for hydroxylation is 2. The quantitative estimate of drug-likeness (QED) is 0.719. The van der Waals surface area contributed by atoms with Gasteiger partial charge < -0.3 is 9.88 Å². The summed E-state index contributed by atoms with van der Waals surface area (Å²) >= 11 is 0. The summed E-state index contributed by atoms with van der Waals surface area (Å²) in [5.41, 5.74) is 1.23. The zero-order valence-corrected chi connectivity index (χ0v) is 12.2. The highest BCUT2D eigenvalue weighted by Gasteiger charge is 2.01. The minimum absolute atomic E-state index is 0.145. The van der Waals surface area contributed by atoms with Gasteiger partial charge in [-0.25, -0.2) is 4.98 Å². The molecule has 2 aromatic rings. The summed E-state index contributed by atoms with van der Waals surface area (Å²) in [4.78, 5) is 19.7. The van der Waals surface area contributed by atoms with Gasteiger partial charge in [0.25, 0.3) is 0 Å². The van der Waals surface area contributed by atoms with Crippen LogP contribution in [0.3, 0.4) is 0 Å². The van der Waals surface area contributed by atoms with Gasteiger partial charge in [-0.1, -0.05) is 0 Å². The lowest BCUT2D eigenvalue weighted by Crippen LogP contribution is -2.24. The topological polar surface area (TPSA) is 59.8 Å². The highest BCUT2D eigenvalue weighted by atomic mass is 16.1. The fourth-order valence-electron chi connectivity index (χ4n) is 2.16. The van der Waals surface area contributed by atoms with Crippen molar-refractivity contribution in [2.24, 2.45) is 0 Å². The molecular weight excluding hydrogens is 264 g/mol.